The fourth-order valence-electron chi connectivity index (χ4n) is 2.55. The molecule has 1 aromatic carbocycles. The molecular formula is C15H23N3O3. The minimum atomic E-state index is 0.0946. The monoisotopic (exact) mass is 293 g/mol. The standard InChI is InChI=1S/C15H23N3O3/c1-20-14-7-4-12(10-14)17-8-9-21-13-5-2-11(3-6-13)15(16)18-19/h2-3,5-6,12,14,17,19H,4,7-10H2,1H3,(H2,16,18). The molecule has 1 fully saturated rings. The number of methoxy groups -OCH3 is 1. The number of nitrogens with two attached hydrogens (primary N) is 1. The fraction of sp³-hybridized carbons (Fsp3) is 0.533. The summed E-state index contributed by atoms with van der Waals surface area (Å²) in [5.74, 6) is 0.865. The van der Waals surface area contributed by atoms with Gasteiger partial charge in [0.05, 0.1) is 6.10 Å². The third-order valence-electron chi connectivity index (χ3n) is 3.78. The molecule has 1 aliphatic rings. The molecule has 6 heteroatoms. The zero-order chi connectivity index (χ0) is 15.1. The van der Waals surface area contributed by atoms with Gasteiger partial charge in [0.25, 0.3) is 0 Å². The molecule has 2 unspecified atom stereocenters. The van der Waals surface area contributed by atoms with E-state index in [0.29, 0.717) is 24.3 Å². The second-order valence-corrected chi connectivity index (χ2v) is 5.18. The van der Waals surface area contributed by atoms with Crippen molar-refractivity contribution in [3.8, 4) is 5.75 Å². The van der Waals surface area contributed by atoms with Gasteiger partial charge in [0, 0.05) is 25.3 Å². The van der Waals surface area contributed by atoms with Crippen molar-refractivity contribution in [3.05, 3.63) is 29.8 Å². The van der Waals surface area contributed by atoms with E-state index in [-0.39, 0.29) is 5.84 Å². The van der Waals surface area contributed by atoms with Crippen LogP contribution < -0.4 is 15.8 Å². The molecule has 0 bridgehead atoms. The molecule has 0 heterocycles. The van der Waals surface area contributed by atoms with E-state index < -0.39 is 0 Å². The van der Waals surface area contributed by atoms with E-state index in [9.17, 15) is 0 Å². The van der Waals surface area contributed by atoms with Crippen LogP contribution in [-0.2, 0) is 4.74 Å². The molecule has 0 spiro atoms. The first kappa shape index (κ1) is 15.6. The lowest BCUT2D eigenvalue weighted by Gasteiger charge is -2.13. The molecule has 0 aliphatic heterocycles. The summed E-state index contributed by atoms with van der Waals surface area (Å²) in [4.78, 5) is 0. The van der Waals surface area contributed by atoms with Gasteiger partial charge in [0.15, 0.2) is 5.84 Å². The highest BCUT2D eigenvalue weighted by Gasteiger charge is 2.23. The summed E-state index contributed by atoms with van der Waals surface area (Å²) < 4.78 is 11.0. The van der Waals surface area contributed by atoms with Crippen molar-refractivity contribution in [1.29, 1.82) is 0 Å². The smallest absolute Gasteiger partial charge is 0.170 e. The van der Waals surface area contributed by atoms with Crippen LogP contribution in [0.2, 0.25) is 0 Å². The number of rotatable bonds is 7. The summed E-state index contributed by atoms with van der Waals surface area (Å²) in [6, 6.07) is 7.67. The minimum Gasteiger partial charge on any atom is -0.492 e. The Morgan fingerprint density at radius 2 is 2.14 bits per heavy atom. The minimum absolute atomic E-state index is 0.0946. The highest BCUT2D eigenvalue weighted by molar-refractivity contribution is 5.97. The number of amidine groups is 1. The second kappa shape index (κ2) is 7.85. The Morgan fingerprint density at radius 1 is 1.38 bits per heavy atom. The highest BCUT2D eigenvalue weighted by Crippen LogP contribution is 2.21. The van der Waals surface area contributed by atoms with E-state index in [1.54, 1.807) is 19.2 Å². The van der Waals surface area contributed by atoms with E-state index in [1.807, 2.05) is 12.1 Å². The average molecular weight is 293 g/mol. The Morgan fingerprint density at radius 3 is 2.76 bits per heavy atom. The molecule has 6 nitrogen and oxygen atoms in total. The van der Waals surface area contributed by atoms with Crippen LogP contribution >= 0.6 is 0 Å². The van der Waals surface area contributed by atoms with Gasteiger partial charge >= 0.3 is 0 Å². The van der Waals surface area contributed by atoms with Crippen LogP contribution in [0.3, 0.4) is 0 Å². The van der Waals surface area contributed by atoms with Crippen molar-refractivity contribution in [2.45, 2.75) is 31.4 Å². The van der Waals surface area contributed by atoms with Crippen LogP contribution in [0.5, 0.6) is 5.75 Å². The van der Waals surface area contributed by atoms with E-state index in [4.69, 9.17) is 20.4 Å². The third kappa shape index (κ3) is 4.61. The van der Waals surface area contributed by atoms with Gasteiger partial charge in [-0.25, -0.2) is 0 Å². The van der Waals surface area contributed by atoms with Gasteiger partial charge in [-0.2, -0.15) is 0 Å². The Hall–Kier alpha value is -1.79. The molecule has 2 atom stereocenters. The summed E-state index contributed by atoms with van der Waals surface area (Å²) in [5.41, 5.74) is 6.16. The van der Waals surface area contributed by atoms with Crippen LogP contribution in [-0.4, -0.2) is 43.5 Å². The predicted molar refractivity (Wildman–Crippen MR) is 80.9 cm³/mol. The van der Waals surface area contributed by atoms with Crippen molar-refractivity contribution in [3.63, 3.8) is 0 Å². The molecular weight excluding hydrogens is 270 g/mol. The maximum absolute atomic E-state index is 8.59. The lowest BCUT2D eigenvalue weighted by molar-refractivity contribution is 0.107. The molecule has 2 rings (SSSR count). The van der Waals surface area contributed by atoms with Gasteiger partial charge in [0.2, 0.25) is 0 Å². The largest absolute Gasteiger partial charge is 0.492 e. The Balaban J connectivity index is 1.67. The Bertz CT molecular complexity index is 462. The SMILES string of the molecule is COC1CCC(NCCOc2ccc(/C(N)=N/O)cc2)C1. The predicted octanol–water partition coefficient (Wildman–Crippen LogP) is 1.32. The Kier molecular flexibility index (Phi) is 5.83. The topological polar surface area (TPSA) is 89.1 Å². The maximum atomic E-state index is 8.59. The van der Waals surface area contributed by atoms with E-state index in [1.165, 1.54) is 0 Å². The number of benzene rings is 1. The number of nitrogens with one attached hydrogen (secondary N) is 1. The molecule has 0 radical (unpaired) electrons. The van der Waals surface area contributed by atoms with Crippen LogP contribution in [0.1, 0.15) is 24.8 Å². The summed E-state index contributed by atoms with van der Waals surface area (Å²) in [6.45, 7) is 1.42. The second-order valence-electron chi connectivity index (χ2n) is 5.18. The zero-order valence-corrected chi connectivity index (χ0v) is 12.3. The van der Waals surface area contributed by atoms with Gasteiger partial charge in [0.1, 0.15) is 12.4 Å². The van der Waals surface area contributed by atoms with E-state index >= 15 is 0 Å². The maximum Gasteiger partial charge on any atom is 0.170 e. The summed E-state index contributed by atoms with van der Waals surface area (Å²) in [7, 11) is 1.77. The van der Waals surface area contributed by atoms with Gasteiger partial charge in [-0.3, -0.25) is 0 Å². The lowest BCUT2D eigenvalue weighted by Crippen LogP contribution is -2.31. The quantitative estimate of drug-likeness (QED) is 0.232. The summed E-state index contributed by atoms with van der Waals surface area (Å²) >= 11 is 0. The Labute approximate surface area is 124 Å². The van der Waals surface area contributed by atoms with Gasteiger partial charge < -0.3 is 25.7 Å². The van der Waals surface area contributed by atoms with Crippen molar-refractivity contribution in [2.75, 3.05) is 20.3 Å². The molecule has 0 amide bonds. The van der Waals surface area contributed by atoms with Gasteiger partial charge in [-0.15, -0.1) is 0 Å². The molecule has 1 aromatic rings. The van der Waals surface area contributed by atoms with Crippen molar-refractivity contribution in [1.82, 2.24) is 5.32 Å². The van der Waals surface area contributed by atoms with Gasteiger partial charge in [-0.1, -0.05) is 5.16 Å². The first-order chi connectivity index (χ1) is 10.2. The lowest BCUT2D eigenvalue weighted by atomic mass is 10.2. The van der Waals surface area contributed by atoms with E-state index in [2.05, 4.69) is 10.5 Å². The number of hydrogen-bond donors (Lipinski definition) is 3. The van der Waals surface area contributed by atoms with Crippen LogP contribution in [0.15, 0.2) is 29.4 Å². The number of oxime groups is 1. The number of hydrogen-bond acceptors (Lipinski definition) is 5. The van der Waals surface area contributed by atoms with Crippen molar-refractivity contribution >= 4 is 5.84 Å². The van der Waals surface area contributed by atoms with Crippen molar-refractivity contribution < 1.29 is 14.7 Å². The van der Waals surface area contributed by atoms with Crippen LogP contribution in [0.25, 0.3) is 0 Å². The number of ether oxygens (including phenoxy) is 2. The average Bonchev–Trinajstić information content (AvgIpc) is 2.99. The number of nitrogens with zero attached hydrogens (tertiary/aromatic N) is 1. The fourth-order valence-corrected chi connectivity index (χ4v) is 2.55. The normalized spacial score (nSPS) is 22.4. The van der Waals surface area contributed by atoms with Gasteiger partial charge in [-0.05, 0) is 43.5 Å². The molecule has 0 saturated heterocycles. The molecule has 21 heavy (non-hydrogen) atoms. The molecule has 0 aromatic heterocycles. The summed E-state index contributed by atoms with van der Waals surface area (Å²) in [6.07, 6.45) is 3.76. The first-order valence-electron chi connectivity index (χ1n) is 7.20. The van der Waals surface area contributed by atoms with E-state index in [0.717, 1.165) is 31.6 Å². The first-order valence-corrected chi connectivity index (χ1v) is 7.20. The molecule has 116 valence electrons. The van der Waals surface area contributed by atoms with Crippen LogP contribution in [0, 0.1) is 0 Å². The highest BCUT2D eigenvalue weighted by atomic mass is 16.5. The van der Waals surface area contributed by atoms with Crippen LogP contribution in [0.4, 0.5) is 0 Å². The molecule has 1 aliphatic carbocycles. The molecule has 1 saturated carbocycles. The zero-order valence-electron chi connectivity index (χ0n) is 12.3. The van der Waals surface area contributed by atoms with Crippen molar-refractivity contribution in [2.24, 2.45) is 10.9 Å². The molecule has 4 N–H and O–H groups in total. The third-order valence-corrected chi connectivity index (χ3v) is 3.78. The summed E-state index contributed by atoms with van der Waals surface area (Å²) in [5, 5.41) is 15.0.